The molecule has 2 amide bonds. The molecule has 36 heavy (non-hydrogen) atoms. The number of ether oxygens (including phenoxy) is 2. The van der Waals surface area contributed by atoms with Crippen LogP contribution in [0.1, 0.15) is 52.2 Å². The predicted octanol–water partition coefficient (Wildman–Crippen LogP) is 3.85. The largest absolute Gasteiger partial charge is 0.489 e. The van der Waals surface area contributed by atoms with Crippen molar-refractivity contribution in [2.45, 2.75) is 50.9 Å². The Balaban J connectivity index is 0.00000304. The quantitative estimate of drug-likeness (QED) is 0.524. The first kappa shape index (κ1) is 26.2. The fourth-order valence-corrected chi connectivity index (χ4v) is 4.71. The van der Waals surface area contributed by atoms with Crippen molar-refractivity contribution in [3.8, 4) is 11.5 Å². The van der Waals surface area contributed by atoms with E-state index in [4.69, 9.17) is 4.74 Å². The summed E-state index contributed by atoms with van der Waals surface area (Å²) in [6.45, 7) is -0.870. The van der Waals surface area contributed by atoms with Gasteiger partial charge >= 0.3 is 6.61 Å². The molecule has 10 heteroatoms. The zero-order chi connectivity index (χ0) is 24.5. The van der Waals surface area contributed by atoms with Crippen LogP contribution in [-0.4, -0.2) is 49.6 Å². The summed E-state index contributed by atoms with van der Waals surface area (Å²) in [5.74, 6) is 0.813. The second-order valence-electron chi connectivity index (χ2n) is 9.60. The molecule has 2 N–H and O–H groups in total. The van der Waals surface area contributed by atoms with E-state index in [1.165, 1.54) is 6.07 Å². The Bertz CT molecular complexity index is 1130. The van der Waals surface area contributed by atoms with Crippen molar-refractivity contribution in [2.24, 2.45) is 5.92 Å². The number of hydrogen-bond acceptors (Lipinski definition) is 5. The maximum Gasteiger partial charge on any atom is 0.387 e. The van der Waals surface area contributed by atoms with Gasteiger partial charge in [-0.3, -0.25) is 9.59 Å². The Hall–Kier alpha value is -2.91. The van der Waals surface area contributed by atoms with Crippen molar-refractivity contribution < 1.29 is 27.8 Å². The molecule has 2 aliphatic heterocycles. The van der Waals surface area contributed by atoms with E-state index in [-0.39, 0.29) is 41.9 Å². The highest BCUT2D eigenvalue weighted by Gasteiger charge is 2.31. The molecule has 2 fully saturated rings. The molecular weight excluding hydrogens is 492 g/mol. The number of benzene rings is 2. The lowest BCUT2D eigenvalue weighted by atomic mass is 9.95. The van der Waals surface area contributed by atoms with Gasteiger partial charge in [-0.1, -0.05) is 18.2 Å². The highest BCUT2D eigenvalue weighted by molar-refractivity contribution is 5.98. The molecule has 2 aromatic rings. The molecule has 1 saturated heterocycles. The van der Waals surface area contributed by atoms with Gasteiger partial charge in [-0.05, 0) is 66.0 Å². The van der Waals surface area contributed by atoms with Gasteiger partial charge in [0.2, 0.25) is 5.91 Å². The highest BCUT2D eigenvalue weighted by atomic mass is 35.5. The number of hydrogen-bond donors (Lipinski definition) is 2. The number of carbonyl (C=O) groups is 2. The first-order valence-corrected chi connectivity index (χ1v) is 12.0. The van der Waals surface area contributed by atoms with Crippen LogP contribution in [0.2, 0.25) is 0 Å². The minimum Gasteiger partial charge on any atom is -0.489 e. The lowest BCUT2D eigenvalue weighted by molar-refractivity contribution is -0.122. The second-order valence-corrected chi connectivity index (χ2v) is 9.60. The van der Waals surface area contributed by atoms with Gasteiger partial charge in [0.1, 0.15) is 0 Å². The van der Waals surface area contributed by atoms with E-state index in [0.717, 1.165) is 29.5 Å². The van der Waals surface area contributed by atoms with Gasteiger partial charge in [0, 0.05) is 32.2 Å². The molecule has 2 heterocycles. The van der Waals surface area contributed by atoms with Crippen LogP contribution in [0.15, 0.2) is 36.4 Å². The lowest BCUT2D eigenvalue weighted by Gasteiger charge is -2.16. The van der Waals surface area contributed by atoms with Crippen LogP contribution in [0, 0.1) is 5.92 Å². The van der Waals surface area contributed by atoms with E-state index in [1.807, 2.05) is 18.2 Å². The van der Waals surface area contributed by atoms with Crippen LogP contribution in [-0.2, 0) is 17.9 Å². The first-order chi connectivity index (χ1) is 16.9. The topological polar surface area (TPSA) is 79.9 Å². The Morgan fingerprint density at radius 2 is 2.00 bits per heavy atom. The number of fused-ring (bicyclic) bond motifs is 1. The fourth-order valence-electron chi connectivity index (χ4n) is 4.71. The zero-order valence-corrected chi connectivity index (χ0v) is 20.8. The summed E-state index contributed by atoms with van der Waals surface area (Å²) in [6, 6.07) is 10.3. The molecule has 1 aliphatic carbocycles. The maximum atomic E-state index is 12.8. The third-order valence-electron chi connectivity index (χ3n) is 6.90. The van der Waals surface area contributed by atoms with Gasteiger partial charge in [-0.15, -0.1) is 12.4 Å². The monoisotopic (exact) mass is 521 g/mol. The van der Waals surface area contributed by atoms with Gasteiger partial charge in [0.25, 0.3) is 5.91 Å². The molecule has 2 aromatic carbocycles. The Kier molecular flexibility index (Phi) is 8.00. The average molecular weight is 522 g/mol. The predicted molar refractivity (Wildman–Crippen MR) is 132 cm³/mol. The van der Waals surface area contributed by atoms with Gasteiger partial charge < -0.3 is 25.0 Å². The van der Waals surface area contributed by atoms with E-state index < -0.39 is 6.61 Å². The number of alkyl halides is 2. The molecule has 2 unspecified atom stereocenters. The summed E-state index contributed by atoms with van der Waals surface area (Å²) in [5.41, 5.74) is 3.56. The molecule has 194 valence electrons. The van der Waals surface area contributed by atoms with E-state index >= 15 is 0 Å². The van der Waals surface area contributed by atoms with E-state index in [1.54, 1.807) is 24.1 Å². The zero-order valence-electron chi connectivity index (χ0n) is 20.0. The lowest BCUT2D eigenvalue weighted by Crippen LogP contribution is -2.40. The van der Waals surface area contributed by atoms with Crippen molar-refractivity contribution in [3.63, 3.8) is 0 Å². The standard InChI is InChI=1S/C26H29F2N3O4.ClH/c1-31-13-19-8-16(4-6-20(19)25(31)33)11-30-24(32)21-9-18(12-29-21)17-5-7-22(35-26(27)28)23(10-17)34-14-15-2-3-15;/h4-8,10,15,18,21,26,29H,2-3,9,11-14H2,1H3,(H,30,32);1H. The molecule has 0 bridgehead atoms. The molecule has 0 spiro atoms. The minimum absolute atomic E-state index is 0. The van der Waals surface area contributed by atoms with E-state index in [0.29, 0.717) is 49.9 Å². The Morgan fingerprint density at radius 3 is 2.75 bits per heavy atom. The summed E-state index contributed by atoms with van der Waals surface area (Å²) in [6.07, 6.45) is 2.77. The Labute approximate surface area is 214 Å². The van der Waals surface area contributed by atoms with Crippen LogP contribution >= 0.6 is 12.4 Å². The summed E-state index contributed by atoms with van der Waals surface area (Å²) in [7, 11) is 1.77. The van der Waals surface area contributed by atoms with Crippen molar-refractivity contribution in [1.82, 2.24) is 15.5 Å². The Morgan fingerprint density at radius 1 is 1.19 bits per heavy atom. The van der Waals surface area contributed by atoms with Crippen LogP contribution in [0.25, 0.3) is 0 Å². The highest BCUT2D eigenvalue weighted by Crippen LogP contribution is 2.37. The second kappa shape index (κ2) is 11.0. The van der Waals surface area contributed by atoms with Crippen molar-refractivity contribution in [3.05, 3.63) is 58.7 Å². The summed E-state index contributed by atoms with van der Waals surface area (Å²) < 4.78 is 36.0. The molecule has 7 nitrogen and oxygen atoms in total. The molecule has 0 radical (unpaired) electrons. The molecule has 5 rings (SSSR count). The minimum atomic E-state index is -2.92. The van der Waals surface area contributed by atoms with E-state index in [2.05, 4.69) is 15.4 Å². The molecule has 2 atom stereocenters. The van der Waals surface area contributed by atoms with Crippen LogP contribution in [0.3, 0.4) is 0 Å². The average Bonchev–Trinajstić information content (AvgIpc) is 3.45. The summed E-state index contributed by atoms with van der Waals surface area (Å²) >= 11 is 0. The SMILES string of the molecule is CN1Cc2cc(CNC(=O)C3CC(c4ccc(OC(F)F)c(OCC5CC5)c4)CN3)ccc2C1=O.Cl. The van der Waals surface area contributed by atoms with Gasteiger partial charge in [0.05, 0.1) is 12.6 Å². The normalized spacial score (nSPS) is 20.8. The van der Waals surface area contributed by atoms with Gasteiger partial charge in [-0.2, -0.15) is 8.78 Å². The number of amides is 2. The summed E-state index contributed by atoms with van der Waals surface area (Å²) in [5, 5.41) is 6.25. The van der Waals surface area contributed by atoms with Crippen molar-refractivity contribution in [1.29, 1.82) is 0 Å². The van der Waals surface area contributed by atoms with Crippen LogP contribution < -0.4 is 20.1 Å². The number of carbonyl (C=O) groups excluding carboxylic acids is 2. The number of rotatable bonds is 9. The van der Waals surface area contributed by atoms with Crippen molar-refractivity contribution in [2.75, 3.05) is 20.2 Å². The number of halogens is 3. The number of nitrogens with zero attached hydrogens (tertiary/aromatic N) is 1. The fraction of sp³-hybridized carbons (Fsp3) is 0.462. The summed E-state index contributed by atoms with van der Waals surface area (Å²) in [4.78, 5) is 26.5. The number of nitrogens with one attached hydrogen (secondary N) is 2. The molecule has 0 aromatic heterocycles. The van der Waals surface area contributed by atoms with Crippen molar-refractivity contribution >= 4 is 24.2 Å². The molecule has 3 aliphatic rings. The van der Waals surface area contributed by atoms with Gasteiger partial charge in [-0.25, -0.2) is 0 Å². The third-order valence-corrected chi connectivity index (χ3v) is 6.90. The third kappa shape index (κ3) is 5.90. The van der Waals surface area contributed by atoms with Gasteiger partial charge in [0.15, 0.2) is 11.5 Å². The molecular formula is C26H30ClF2N3O4. The maximum absolute atomic E-state index is 12.8. The van der Waals surface area contributed by atoms with Crippen LogP contribution in [0.5, 0.6) is 11.5 Å². The van der Waals surface area contributed by atoms with Crippen LogP contribution in [0.4, 0.5) is 8.78 Å². The van der Waals surface area contributed by atoms with E-state index in [9.17, 15) is 18.4 Å². The smallest absolute Gasteiger partial charge is 0.387 e. The first-order valence-electron chi connectivity index (χ1n) is 12.0. The molecule has 1 saturated carbocycles.